The molecule has 1 aromatic carbocycles. The molecule has 1 rings (SSSR count). The van der Waals surface area contributed by atoms with E-state index >= 15 is 0 Å². The number of benzene rings is 1. The largest absolute Gasteiger partial charge is 0.339 e. The molecule has 0 aliphatic heterocycles. The zero-order chi connectivity index (χ0) is 8.97. The third kappa shape index (κ3) is 2.92. The summed E-state index contributed by atoms with van der Waals surface area (Å²) in [6.07, 6.45) is 0. The van der Waals surface area contributed by atoms with Crippen LogP contribution < -0.4 is 16.5 Å². The van der Waals surface area contributed by atoms with Gasteiger partial charge in [-0.05, 0) is 17.7 Å². The first kappa shape index (κ1) is 9.06. The van der Waals surface area contributed by atoms with Gasteiger partial charge >= 0.3 is 5.96 Å². The molecule has 4 heteroatoms. The normalized spacial score (nSPS) is 9.42. The van der Waals surface area contributed by atoms with Crippen LogP contribution in [0.5, 0.6) is 0 Å². The number of nitrogens with one attached hydrogen (secondary N) is 1. The average Bonchev–Trinajstić information content (AvgIpc) is 2.01. The maximum absolute atomic E-state index is 5.25. The first-order valence-corrected chi connectivity index (χ1v) is 4.34. The van der Waals surface area contributed by atoms with Gasteiger partial charge in [0.15, 0.2) is 0 Å². The van der Waals surface area contributed by atoms with E-state index in [1.807, 2.05) is 24.3 Å². The number of guanidine groups is 1. The Kier molecular flexibility index (Phi) is 3.10. The molecule has 0 spiro atoms. The lowest BCUT2D eigenvalue weighted by Crippen LogP contribution is -2.76. The topological polar surface area (TPSA) is 66.0 Å². The molecule has 0 aromatic heterocycles. The predicted octanol–water partition coefficient (Wildman–Crippen LogP) is -0.697. The molecular formula is C8H11BrN3+. The van der Waals surface area contributed by atoms with Crippen molar-refractivity contribution in [1.82, 2.24) is 0 Å². The minimum atomic E-state index is 0.245. The molecule has 1 aromatic rings. The van der Waals surface area contributed by atoms with Crippen molar-refractivity contribution >= 4 is 21.9 Å². The lowest BCUT2D eigenvalue weighted by Gasteiger charge is -1.95. The molecular weight excluding hydrogens is 218 g/mol. The molecule has 3 nitrogen and oxygen atoms in total. The van der Waals surface area contributed by atoms with Gasteiger partial charge in [-0.15, -0.1) is 0 Å². The molecule has 0 atom stereocenters. The van der Waals surface area contributed by atoms with E-state index in [1.54, 1.807) is 0 Å². The van der Waals surface area contributed by atoms with Crippen LogP contribution in [0.4, 0.5) is 0 Å². The first-order valence-electron chi connectivity index (χ1n) is 3.54. The zero-order valence-electron chi connectivity index (χ0n) is 6.55. The maximum atomic E-state index is 5.25. The Labute approximate surface area is 79.6 Å². The summed E-state index contributed by atoms with van der Waals surface area (Å²) in [4.78, 5) is 2.84. The highest BCUT2D eigenvalue weighted by Crippen LogP contribution is 2.10. The Balaban J connectivity index is 2.70. The van der Waals surface area contributed by atoms with Crippen LogP contribution in [0.15, 0.2) is 28.7 Å². The van der Waals surface area contributed by atoms with Gasteiger partial charge < -0.3 is 0 Å². The van der Waals surface area contributed by atoms with Crippen molar-refractivity contribution in [2.75, 3.05) is 0 Å². The van der Waals surface area contributed by atoms with Crippen molar-refractivity contribution in [2.45, 2.75) is 6.54 Å². The Morgan fingerprint density at radius 3 is 2.75 bits per heavy atom. The number of halogens is 1. The van der Waals surface area contributed by atoms with Gasteiger partial charge in [-0.2, -0.15) is 0 Å². The third-order valence-corrected chi connectivity index (χ3v) is 1.88. The van der Waals surface area contributed by atoms with Crippen molar-refractivity contribution in [3.05, 3.63) is 34.3 Å². The van der Waals surface area contributed by atoms with Crippen LogP contribution in [0.25, 0.3) is 0 Å². The van der Waals surface area contributed by atoms with Gasteiger partial charge in [-0.3, -0.25) is 16.5 Å². The molecule has 0 unspecified atom stereocenters. The fourth-order valence-electron chi connectivity index (χ4n) is 0.851. The van der Waals surface area contributed by atoms with Crippen LogP contribution in [0.3, 0.4) is 0 Å². The SMILES string of the molecule is NC(N)=[NH+]Cc1cccc(Br)c1. The monoisotopic (exact) mass is 228 g/mol. The van der Waals surface area contributed by atoms with Crippen molar-refractivity contribution in [3.8, 4) is 0 Å². The second kappa shape index (κ2) is 4.11. The molecule has 12 heavy (non-hydrogen) atoms. The summed E-state index contributed by atoms with van der Waals surface area (Å²) in [7, 11) is 0. The molecule has 0 fully saturated rings. The number of hydrogen-bond donors (Lipinski definition) is 3. The van der Waals surface area contributed by atoms with E-state index in [4.69, 9.17) is 11.5 Å². The lowest BCUT2D eigenvalue weighted by molar-refractivity contribution is -0.477. The van der Waals surface area contributed by atoms with E-state index < -0.39 is 0 Å². The first-order chi connectivity index (χ1) is 5.68. The number of hydrogen-bond acceptors (Lipinski definition) is 0. The van der Waals surface area contributed by atoms with E-state index in [1.165, 1.54) is 0 Å². The zero-order valence-corrected chi connectivity index (χ0v) is 8.14. The summed E-state index contributed by atoms with van der Waals surface area (Å²) < 4.78 is 1.05. The summed E-state index contributed by atoms with van der Waals surface area (Å²) in [6, 6.07) is 7.95. The van der Waals surface area contributed by atoms with Crippen LogP contribution in [-0.2, 0) is 6.54 Å². The molecule has 5 N–H and O–H groups in total. The molecule has 64 valence electrons. The highest BCUT2D eigenvalue weighted by Gasteiger charge is 1.93. The van der Waals surface area contributed by atoms with Crippen LogP contribution in [0.2, 0.25) is 0 Å². The van der Waals surface area contributed by atoms with Gasteiger partial charge in [0.05, 0.1) is 6.54 Å². The van der Waals surface area contributed by atoms with E-state index in [2.05, 4.69) is 20.9 Å². The molecule has 0 amide bonds. The summed E-state index contributed by atoms with van der Waals surface area (Å²) in [5.74, 6) is 0.245. The van der Waals surface area contributed by atoms with Crippen LogP contribution in [-0.4, -0.2) is 5.96 Å². The van der Waals surface area contributed by atoms with E-state index in [0.29, 0.717) is 6.54 Å². The summed E-state index contributed by atoms with van der Waals surface area (Å²) in [5, 5.41) is 0. The van der Waals surface area contributed by atoms with E-state index in [0.717, 1.165) is 10.0 Å². The Morgan fingerprint density at radius 2 is 2.17 bits per heavy atom. The van der Waals surface area contributed by atoms with E-state index in [9.17, 15) is 0 Å². The van der Waals surface area contributed by atoms with Gasteiger partial charge in [-0.1, -0.05) is 28.1 Å². The van der Waals surface area contributed by atoms with Crippen LogP contribution >= 0.6 is 15.9 Å². The molecule has 0 aliphatic rings. The molecule has 0 saturated heterocycles. The lowest BCUT2D eigenvalue weighted by atomic mass is 10.2. The molecule has 0 saturated carbocycles. The second-order valence-electron chi connectivity index (χ2n) is 2.44. The third-order valence-electron chi connectivity index (χ3n) is 1.39. The second-order valence-corrected chi connectivity index (χ2v) is 3.35. The van der Waals surface area contributed by atoms with Crippen molar-refractivity contribution in [2.24, 2.45) is 11.5 Å². The minimum Gasteiger partial charge on any atom is -0.291 e. The Morgan fingerprint density at radius 1 is 1.42 bits per heavy atom. The molecule has 0 bridgehead atoms. The van der Waals surface area contributed by atoms with Crippen molar-refractivity contribution in [1.29, 1.82) is 0 Å². The fourth-order valence-corrected chi connectivity index (χ4v) is 1.30. The Hall–Kier alpha value is -1.03. The molecule has 0 radical (unpaired) electrons. The molecule has 0 heterocycles. The van der Waals surface area contributed by atoms with Gasteiger partial charge in [0, 0.05) is 4.47 Å². The number of rotatable bonds is 2. The van der Waals surface area contributed by atoms with Gasteiger partial charge in [-0.25, -0.2) is 0 Å². The van der Waals surface area contributed by atoms with Crippen LogP contribution in [0, 0.1) is 0 Å². The van der Waals surface area contributed by atoms with Crippen molar-refractivity contribution < 1.29 is 4.99 Å². The van der Waals surface area contributed by atoms with Gasteiger partial charge in [0.2, 0.25) is 0 Å². The maximum Gasteiger partial charge on any atom is 0.339 e. The summed E-state index contributed by atoms with van der Waals surface area (Å²) in [5.41, 5.74) is 11.6. The minimum absolute atomic E-state index is 0.245. The Bertz CT molecular complexity index is 292. The summed E-state index contributed by atoms with van der Waals surface area (Å²) >= 11 is 3.37. The van der Waals surface area contributed by atoms with Gasteiger partial charge in [0.25, 0.3) is 0 Å². The van der Waals surface area contributed by atoms with Crippen molar-refractivity contribution in [3.63, 3.8) is 0 Å². The summed E-state index contributed by atoms with van der Waals surface area (Å²) in [6.45, 7) is 0.655. The highest BCUT2D eigenvalue weighted by atomic mass is 79.9. The fraction of sp³-hybridized carbons (Fsp3) is 0.125. The van der Waals surface area contributed by atoms with Gasteiger partial charge in [0.1, 0.15) is 0 Å². The predicted molar refractivity (Wildman–Crippen MR) is 52.2 cm³/mol. The number of nitrogens with two attached hydrogens (primary N) is 2. The quantitative estimate of drug-likeness (QED) is 0.464. The smallest absolute Gasteiger partial charge is 0.291 e. The van der Waals surface area contributed by atoms with Crippen LogP contribution in [0.1, 0.15) is 5.56 Å². The highest BCUT2D eigenvalue weighted by molar-refractivity contribution is 9.10. The molecule has 0 aliphatic carbocycles. The standard InChI is InChI=1S/C8H10BrN3/c9-7-3-1-2-6(4-7)5-12-8(10)11/h1-4H,5H2,(H4,10,11,12)/p+1. The van der Waals surface area contributed by atoms with E-state index in [-0.39, 0.29) is 5.96 Å². The average molecular weight is 229 g/mol.